The van der Waals surface area contributed by atoms with Crippen molar-refractivity contribution in [3.05, 3.63) is 109 Å². The van der Waals surface area contributed by atoms with Crippen LogP contribution in [-0.4, -0.2) is 20.9 Å². The standard InChI is InChI=1S/C28H19ClN4O2/c1-2-26(34)33-23-5-3-4-18(13-23)25-14-20(12-21-15-30-17-32-28(21)25)19-6-11-27(31-16-19)35-24-9-7-22(29)8-10-24/h2-17H,1H2,(H,33,34). The van der Waals surface area contributed by atoms with E-state index in [0.29, 0.717) is 22.3 Å². The van der Waals surface area contributed by atoms with Crippen molar-refractivity contribution in [2.75, 3.05) is 5.32 Å². The summed E-state index contributed by atoms with van der Waals surface area (Å²) in [6.07, 6.45) is 6.31. The minimum Gasteiger partial charge on any atom is -0.439 e. The minimum absolute atomic E-state index is 0.268. The van der Waals surface area contributed by atoms with Crippen LogP contribution in [-0.2, 0) is 4.79 Å². The summed E-state index contributed by atoms with van der Waals surface area (Å²) < 4.78 is 5.81. The van der Waals surface area contributed by atoms with E-state index in [1.54, 1.807) is 36.7 Å². The molecule has 1 amide bonds. The molecule has 0 unspecified atom stereocenters. The number of pyridine rings is 1. The average molecular weight is 479 g/mol. The third kappa shape index (κ3) is 5.03. The van der Waals surface area contributed by atoms with Gasteiger partial charge in [-0.3, -0.25) is 4.79 Å². The van der Waals surface area contributed by atoms with E-state index in [0.717, 1.165) is 33.2 Å². The van der Waals surface area contributed by atoms with Crippen LogP contribution in [0.4, 0.5) is 5.69 Å². The number of fused-ring (bicyclic) bond motifs is 1. The first-order valence-corrected chi connectivity index (χ1v) is 11.1. The number of benzene rings is 3. The van der Waals surface area contributed by atoms with E-state index in [-0.39, 0.29) is 5.91 Å². The third-order valence-electron chi connectivity index (χ3n) is 5.34. The predicted octanol–water partition coefficient (Wildman–Crippen LogP) is 6.93. The molecule has 7 heteroatoms. The molecule has 5 aromatic rings. The Balaban J connectivity index is 1.51. The van der Waals surface area contributed by atoms with Gasteiger partial charge >= 0.3 is 0 Å². The van der Waals surface area contributed by atoms with Crippen molar-refractivity contribution in [1.82, 2.24) is 15.0 Å². The molecule has 1 N–H and O–H groups in total. The van der Waals surface area contributed by atoms with Gasteiger partial charge in [-0.1, -0.05) is 30.3 Å². The first-order valence-electron chi connectivity index (χ1n) is 10.8. The molecule has 3 aromatic carbocycles. The van der Waals surface area contributed by atoms with Crippen LogP contribution in [0.1, 0.15) is 0 Å². The number of nitrogens with zero attached hydrogens (tertiary/aromatic N) is 3. The van der Waals surface area contributed by atoms with Gasteiger partial charge in [0, 0.05) is 45.7 Å². The third-order valence-corrected chi connectivity index (χ3v) is 5.59. The van der Waals surface area contributed by atoms with Crippen molar-refractivity contribution in [1.29, 1.82) is 0 Å². The lowest BCUT2D eigenvalue weighted by atomic mass is 9.96. The van der Waals surface area contributed by atoms with E-state index in [1.165, 1.54) is 12.4 Å². The van der Waals surface area contributed by atoms with Gasteiger partial charge in [0.2, 0.25) is 11.8 Å². The summed E-state index contributed by atoms with van der Waals surface area (Å²) >= 11 is 5.94. The number of halogens is 1. The zero-order valence-electron chi connectivity index (χ0n) is 18.5. The van der Waals surface area contributed by atoms with Gasteiger partial charge < -0.3 is 10.1 Å². The molecular weight excluding hydrogens is 460 g/mol. The molecule has 2 heterocycles. The fraction of sp³-hybridized carbons (Fsp3) is 0. The molecule has 0 spiro atoms. The Morgan fingerprint density at radius 1 is 0.914 bits per heavy atom. The number of nitrogens with one attached hydrogen (secondary N) is 1. The molecular formula is C28H19ClN4O2. The van der Waals surface area contributed by atoms with Crippen molar-refractivity contribution < 1.29 is 9.53 Å². The summed E-state index contributed by atoms with van der Waals surface area (Å²) in [6.45, 7) is 3.51. The number of hydrogen-bond donors (Lipinski definition) is 1. The predicted molar refractivity (Wildman–Crippen MR) is 139 cm³/mol. The number of ether oxygens (including phenoxy) is 1. The maximum atomic E-state index is 11.8. The van der Waals surface area contributed by atoms with Gasteiger partial charge in [-0.05, 0) is 71.8 Å². The number of aromatic nitrogens is 3. The maximum Gasteiger partial charge on any atom is 0.247 e. The molecule has 0 aliphatic heterocycles. The fourth-order valence-corrected chi connectivity index (χ4v) is 3.81. The highest BCUT2D eigenvalue weighted by molar-refractivity contribution is 6.30. The lowest BCUT2D eigenvalue weighted by Crippen LogP contribution is -2.07. The number of anilines is 1. The van der Waals surface area contributed by atoms with E-state index in [1.807, 2.05) is 42.5 Å². The first kappa shape index (κ1) is 22.3. The lowest BCUT2D eigenvalue weighted by molar-refractivity contribution is -0.111. The number of carbonyl (C=O) groups is 1. The SMILES string of the molecule is C=CC(=O)Nc1cccc(-c2cc(-c3ccc(Oc4ccc(Cl)cc4)nc3)cc3cncnc23)c1. The van der Waals surface area contributed by atoms with E-state index >= 15 is 0 Å². The molecule has 5 rings (SSSR count). The number of hydrogen-bond acceptors (Lipinski definition) is 5. The van der Waals surface area contributed by atoms with E-state index in [2.05, 4.69) is 32.9 Å². The summed E-state index contributed by atoms with van der Waals surface area (Å²) in [7, 11) is 0. The average Bonchev–Trinajstić information content (AvgIpc) is 2.90. The smallest absolute Gasteiger partial charge is 0.247 e. The molecule has 0 aliphatic carbocycles. The van der Waals surface area contributed by atoms with Gasteiger partial charge in [0.25, 0.3) is 0 Å². The van der Waals surface area contributed by atoms with Crippen LogP contribution < -0.4 is 10.1 Å². The summed E-state index contributed by atoms with van der Waals surface area (Å²) in [5, 5.41) is 4.34. The van der Waals surface area contributed by atoms with Gasteiger partial charge in [-0.2, -0.15) is 0 Å². The molecule has 170 valence electrons. The van der Waals surface area contributed by atoms with Crippen molar-refractivity contribution in [2.45, 2.75) is 0 Å². The number of carbonyl (C=O) groups excluding carboxylic acids is 1. The van der Waals surface area contributed by atoms with Crippen LogP contribution in [0.15, 0.2) is 104 Å². The highest BCUT2D eigenvalue weighted by Crippen LogP contribution is 2.34. The molecule has 0 radical (unpaired) electrons. The van der Waals surface area contributed by atoms with Crippen molar-refractivity contribution in [2.24, 2.45) is 0 Å². The second kappa shape index (κ2) is 9.75. The fourth-order valence-electron chi connectivity index (χ4n) is 3.68. The molecule has 2 aromatic heterocycles. The Kier molecular flexibility index (Phi) is 6.20. The van der Waals surface area contributed by atoms with Crippen molar-refractivity contribution >= 4 is 34.1 Å². The van der Waals surface area contributed by atoms with E-state index in [4.69, 9.17) is 16.3 Å². The van der Waals surface area contributed by atoms with Crippen LogP contribution in [0.25, 0.3) is 33.2 Å². The molecule has 6 nitrogen and oxygen atoms in total. The zero-order valence-corrected chi connectivity index (χ0v) is 19.2. The van der Waals surface area contributed by atoms with E-state index < -0.39 is 0 Å². The summed E-state index contributed by atoms with van der Waals surface area (Å²) in [5.74, 6) is 0.865. The van der Waals surface area contributed by atoms with Crippen LogP contribution in [0.5, 0.6) is 11.6 Å². The molecule has 35 heavy (non-hydrogen) atoms. The van der Waals surface area contributed by atoms with Gasteiger partial charge in [0.15, 0.2) is 0 Å². The Morgan fingerprint density at radius 2 is 1.77 bits per heavy atom. The lowest BCUT2D eigenvalue weighted by Gasteiger charge is -2.12. The molecule has 0 aliphatic rings. The summed E-state index contributed by atoms with van der Waals surface area (Å²) in [4.78, 5) is 24.9. The van der Waals surface area contributed by atoms with Gasteiger partial charge in [-0.15, -0.1) is 0 Å². The molecule has 0 atom stereocenters. The van der Waals surface area contributed by atoms with Crippen LogP contribution in [0.3, 0.4) is 0 Å². The minimum atomic E-state index is -0.268. The Morgan fingerprint density at radius 3 is 2.54 bits per heavy atom. The maximum absolute atomic E-state index is 11.8. The summed E-state index contributed by atoms with van der Waals surface area (Å²) in [6, 6.07) is 22.6. The van der Waals surface area contributed by atoms with Gasteiger partial charge in [-0.25, -0.2) is 15.0 Å². The molecule has 0 saturated carbocycles. The van der Waals surface area contributed by atoms with Gasteiger partial charge in [0.1, 0.15) is 12.1 Å². The van der Waals surface area contributed by atoms with Crippen LogP contribution >= 0.6 is 11.6 Å². The second-order valence-corrected chi connectivity index (χ2v) is 8.14. The van der Waals surface area contributed by atoms with Gasteiger partial charge in [0.05, 0.1) is 5.52 Å². The molecule has 0 saturated heterocycles. The Hall–Kier alpha value is -4.55. The topological polar surface area (TPSA) is 77.0 Å². The molecule has 0 bridgehead atoms. The number of amides is 1. The molecule has 0 fully saturated rings. The highest BCUT2D eigenvalue weighted by atomic mass is 35.5. The van der Waals surface area contributed by atoms with Crippen molar-refractivity contribution in [3.63, 3.8) is 0 Å². The van der Waals surface area contributed by atoms with E-state index in [9.17, 15) is 4.79 Å². The normalized spacial score (nSPS) is 10.7. The van der Waals surface area contributed by atoms with Crippen LogP contribution in [0, 0.1) is 0 Å². The Labute approximate surface area is 206 Å². The second-order valence-electron chi connectivity index (χ2n) is 7.70. The number of rotatable bonds is 6. The Bertz CT molecular complexity index is 1530. The largest absolute Gasteiger partial charge is 0.439 e. The monoisotopic (exact) mass is 478 g/mol. The highest BCUT2D eigenvalue weighted by Gasteiger charge is 2.11. The van der Waals surface area contributed by atoms with Crippen molar-refractivity contribution in [3.8, 4) is 33.9 Å². The zero-order chi connectivity index (χ0) is 24.2. The quantitative estimate of drug-likeness (QED) is 0.268. The summed E-state index contributed by atoms with van der Waals surface area (Å²) in [5.41, 5.74) is 5.17. The van der Waals surface area contributed by atoms with Crippen LogP contribution in [0.2, 0.25) is 5.02 Å². The first-order chi connectivity index (χ1) is 17.1.